The summed E-state index contributed by atoms with van der Waals surface area (Å²) in [6.07, 6.45) is 0. The Bertz CT molecular complexity index is 3410. The first-order chi connectivity index (χ1) is 32.7. The van der Waals surface area contributed by atoms with Gasteiger partial charge in [0.2, 0.25) is 0 Å². The molecule has 12 rings (SSSR count). The van der Waals surface area contributed by atoms with Gasteiger partial charge in [0.05, 0.1) is 11.4 Å². The van der Waals surface area contributed by atoms with Crippen LogP contribution >= 0.6 is 0 Å². The molecule has 0 amide bonds. The van der Waals surface area contributed by atoms with Crippen molar-refractivity contribution in [3.05, 3.63) is 267 Å². The average Bonchev–Trinajstić information content (AvgIpc) is 3.52. The molecule has 1 aliphatic rings. The second-order valence-electron chi connectivity index (χ2n) is 16.9. The van der Waals surface area contributed by atoms with E-state index in [1.807, 2.05) is 0 Å². The zero-order valence-corrected chi connectivity index (χ0v) is 36.3. The van der Waals surface area contributed by atoms with Gasteiger partial charge < -0.3 is 9.80 Å². The quantitative estimate of drug-likeness (QED) is 0.150. The third kappa shape index (κ3) is 7.02. The van der Waals surface area contributed by atoms with E-state index in [1.165, 1.54) is 83.2 Å². The lowest BCUT2D eigenvalue weighted by Crippen LogP contribution is -2.10. The van der Waals surface area contributed by atoms with Gasteiger partial charge in [-0.3, -0.25) is 0 Å². The standard InChI is InChI=1S/C64H44N2/c1-4-16-45(17-5-1)47-28-35-52(36-29-47)65(53-37-30-48(31-38-53)46-18-6-2-7-19-46)54-39-32-49(33-40-54)55-41-42-56(58-23-11-10-22-57(55)58)50-34-43-64-62(44-50)60-25-13-12-24-59(60)61-26-14-15-27-63(61)66(64)51-20-8-3-9-21-51/h1-44H. The van der Waals surface area contributed by atoms with E-state index in [9.17, 15) is 0 Å². The van der Waals surface area contributed by atoms with Gasteiger partial charge in [0, 0.05) is 33.9 Å². The largest absolute Gasteiger partial charge is 0.311 e. The maximum absolute atomic E-state index is 2.42. The summed E-state index contributed by atoms with van der Waals surface area (Å²) in [6, 6.07) is 96.9. The Morgan fingerprint density at radius 3 is 1.15 bits per heavy atom. The predicted octanol–water partition coefficient (Wildman–Crippen LogP) is 18.1. The van der Waals surface area contributed by atoms with Crippen molar-refractivity contribution >= 4 is 44.9 Å². The summed E-state index contributed by atoms with van der Waals surface area (Å²) in [5.41, 5.74) is 21.3. The Hall–Kier alpha value is -8.72. The number of rotatable bonds is 8. The average molecular weight is 841 g/mol. The van der Waals surface area contributed by atoms with Crippen molar-refractivity contribution in [2.24, 2.45) is 0 Å². The van der Waals surface area contributed by atoms with Crippen LogP contribution in [0.1, 0.15) is 0 Å². The summed E-state index contributed by atoms with van der Waals surface area (Å²) >= 11 is 0. The number of fused-ring (bicyclic) bond motifs is 6. The molecule has 0 radical (unpaired) electrons. The molecule has 0 N–H and O–H groups in total. The SMILES string of the molecule is c1ccc(-c2ccc(N(c3ccc(-c4ccccc4)cc3)c3ccc(-c4ccc(-c5ccc6c(c5)-c5ccccc5-c5ccccc5N6c5ccccc5)c5ccccc45)cc3)cc2)cc1. The first-order valence-corrected chi connectivity index (χ1v) is 22.7. The third-order valence-electron chi connectivity index (χ3n) is 13.0. The van der Waals surface area contributed by atoms with Crippen LogP contribution in [-0.2, 0) is 0 Å². The van der Waals surface area contributed by atoms with Crippen LogP contribution in [0.15, 0.2) is 267 Å². The first-order valence-electron chi connectivity index (χ1n) is 22.7. The third-order valence-corrected chi connectivity index (χ3v) is 13.0. The minimum atomic E-state index is 1.09. The molecule has 0 aliphatic carbocycles. The molecule has 310 valence electrons. The Morgan fingerprint density at radius 2 is 0.606 bits per heavy atom. The van der Waals surface area contributed by atoms with Gasteiger partial charge in [-0.05, 0) is 133 Å². The summed E-state index contributed by atoms with van der Waals surface area (Å²) in [5.74, 6) is 0. The van der Waals surface area contributed by atoms with Gasteiger partial charge in [-0.15, -0.1) is 0 Å². The highest BCUT2D eigenvalue weighted by Gasteiger charge is 2.26. The summed E-state index contributed by atoms with van der Waals surface area (Å²) in [7, 11) is 0. The van der Waals surface area contributed by atoms with Gasteiger partial charge in [-0.1, -0.05) is 200 Å². The fourth-order valence-electron chi connectivity index (χ4n) is 9.86. The molecule has 0 aromatic heterocycles. The molecule has 1 heterocycles. The molecule has 0 saturated heterocycles. The zero-order chi connectivity index (χ0) is 43.8. The molecule has 0 spiro atoms. The van der Waals surface area contributed by atoms with Crippen LogP contribution in [0.3, 0.4) is 0 Å². The molecule has 0 atom stereocenters. The van der Waals surface area contributed by atoms with Gasteiger partial charge in [-0.2, -0.15) is 0 Å². The maximum atomic E-state index is 2.42. The molecule has 11 aromatic rings. The summed E-state index contributed by atoms with van der Waals surface area (Å²) < 4.78 is 0. The van der Waals surface area contributed by atoms with E-state index in [-0.39, 0.29) is 0 Å². The predicted molar refractivity (Wildman–Crippen MR) is 279 cm³/mol. The molecule has 2 nitrogen and oxygen atoms in total. The van der Waals surface area contributed by atoms with E-state index in [1.54, 1.807) is 0 Å². The van der Waals surface area contributed by atoms with E-state index in [0.717, 1.165) is 28.4 Å². The van der Waals surface area contributed by atoms with Crippen LogP contribution < -0.4 is 9.80 Å². The van der Waals surface area contributed by atoms with Crippen molar-refractivity contribution in [2.75, 3.05) is 9.80 Å². The highest BCUT2D eigenvalue weighted by atomic mass is 15.2. The van der Waals surface area contributed by atoms with Crippen LogP contribution in [0.2, 0.25) is 0 Å². The van der Waals surface area contributed by atoms with E-state index in [0.29, 0.717) is 0 Å². The van der Waals surface area contributed by atoms with Gasteiger partial charge in [0.25, 0.3) is 0 Å². The lowest BCUT2D eigenvalue weighted by atomic mass is 9.89. The van der Waals surface area contributed by atoms with Gasteiger partial charge in [0.1, 0.15) is 0 Å². The Balaban J connectivity index is 0.931. The zero-order valence-electron chi connectivity index (χ0n) is 36.3. The highest BCUT2D eigenvalue weighted by Crippen LogP contribution is 2.52. The number of para-hydroxylation sites is 2. The minimum Gasteiger partial charge on any atom is -0.311 e. The molecule has 1 aliphatic heterocycles. The van der Waals surface area contributed by atoms with Crippen molar-refractivity contribution in [2.45, 2.75) is 0 Å². The Labute approximate surface area is 386 Å². The maximum Gasteiger partial charge on any atom is 0.0540 e. The normalized spacial score (nSPS) is 11.6. The molecule has 0 saturated carbocycles. The lowest BCUT2D eigenvalue weighted by Gasteiger charge is -2.27. The number of anilines is 6. The molecular formula is C64H44N2. The fraction of sp³-hybridized carbons (Fsp3) is 0. The van der Waals surface area contributed by atoms with E-state index < -0.39 is 0 Å². The second kappa shape index (κ2) is 16.8. The number of benzene rings is 11. The molecular weight excluding hydrogens is 797 g/mol. The van der Waals surface area contributed by atoms with Crippen molar-refractivity contribution in [1.82, 2.24) is 0 Å². The van der Waals surface area contributed by atoms with Crippen molar-refractivity contribution in [3.63, 3.8) is 0 Å². The van der Waals surface area contributed by atoms with Gasteiger partial charge in [0.15, 0.2) is 0 Å². The van der Waals surface area contributed by atoms with Crippen LogP contribution in [0.5, 0.6) is 0 Å². The van der Waals surface area contributed by atoms with Crippen molar-refractivity contribution in [3.8, 4) is 66.8 Å². The number of hydrogen-bond acceptors (Lipinski definition) is 2. The molecule has 0 unspecified atom stereocenters. The molecule has 66 heavy (non-hydrogen) atoms. The molecule has 2 heteroatoms. The van der Waals surface area contributed by atoms with Gasteiger partial charge in [-0.25, -0.2) is 0 Å². The number of nitrogens with zero attached hydrogens (tertiary/aromatic N) is 2. The van der Waals surface area contributed by atoms with Crippen LogP contribution in [0.4, 0.5) is 34.1 Å². The summed E-state index contributed by atoms with van der Waals surface area (Å²) in [5, 5.41) is 2.45. The van der Waals surface area contributed by atoms with Crippen molar-refractivity contribution in [1.29, 1.82) is 0 Å². The monoisotopic (exact) mass is 840 g/mol. The lowest BCUT2D eigenvalue weighted by molar-refractivity contribution is 1.28. The fourth-order valence-corrected chi connectivity index (χ4v) is 9.86. The first kappa shape index (κ1) is 38.9. The van der Waals surface area contributed by atoms with Crippen LogP contribution in [-0.4, -0.2) is 0 Å². The second-order valence-corrected chi connectivity index (χ2v) is 16.9. The number of hydrogen-bond donors (Lipinski definition) is 0. The molecule has 11 aromatic carbocycles. The Kier molecular flexibility index (Phi) is 9.89. The summed E-state index contributed by atoms with van der Waals surface area (Å²) in [4.78, 5) is 4.77. The molecule has 0 fully saturated rings. The smallest absolute Gasteiger partial charge is 0.0540 e. The van der Waals surface area contributed by atoms with Gasteiger partial charge >= 0.3 is 0 Å². The summed E-state index contributed by atoms with van der Waals surface area (Å²) in [6.45, 7) is 0. The van der Waals surface area contributed by atoms with E-state index >= 15 is 0 Å². The highest BCUT2D eigenvalue weighted by molar-refractivity contribution is 6.08. The van der Waals surface area contributed by atoms with E-state index in [2.05, 4.69) is 277 Å². The minimum absolute atomic E-state index is 1.09. The van der Waals surface area contributed by atoms with E-state index in [4.69, 9.17) is 0 Å². The van der Waals surface area contributed by atoms with Crippen LogP contribution in [0, 0.1) is 0 Å². The van der Waals surface area contributed by atoms with Crippen LogP contribution in [0.25, 0.3) is 77.5 Å². The Morgan fingerprint density at radius 1 is 0.227 bits per heavy atom. The topological polar surface area (TPSA) is 6.48 Å². The van der Waals surface area contributed by atoms with Crippen molar-refractivity contribution < 1.29 is 0 Å². The molecule has 0 bridgehead atoms.